The number of para-hydroxylation sites is 2. The third kappa shape index (κ3) is 1.93. The van der Waals surface area contributed by atoms with E-state index in [1.165, 1.54) is 77.2 Å². The van der Waals surface area contributed by atoms with Crippen LogP contribution in [0.3, 0.4) is 0 Å². The van der Waals surface area contributed by atoms with Gasteiger partial charge >= 0.3 is 0 Å². The van der Waals surface area contributed by atoms with Crippen molar-refractivity contribution in [2.24, 2.45) is 0 Å². The third-order valence-electron chi connectivity index (χ3n) is 10.0. The molecule has 0 saturated heterocycles. The van der Waals surface area contributed by atoms with Gasteiger partial charge in [-0.25, -0.2) is 0 Å². The van der Waals surface area contributed by atoms with Crippen LogP contribution >= 0.6 is 0 Å². The summed E-state index contributed by atoms with van der Waals surface area (Å²) < 4.78 is 8.93. The average molecular weight is 508 g/mol. The summed E-state index contributed by atoms with van der Waals surface area (Å²) in [5.74, 6) is 0.244. The Kier molecular flexibility index (Phi) is 3.17. The molecule has 8 aromatic rings. The maximum absolute atomic E-state index is 6.40. The Morgan fingerprint density at radius 3 is 2.05 bits per heavy atom. The highest BCUT2D eigenvalue weighted by atomic mass is 16.3. The summed E-state index contributed by atoms with van der Waals surface area (Å²) in [5, 5.41) is 4.92. The molecule has 0 radical (unpaired) electrons. The molecule has 12 rings (SSSR count). The first kappa shape index (κ1) is 19.9. The molecule has 0 fully saturated rings. The molecule has 0 saturated carbocycles. The maximum atomic E-state index is 6.40. The van der Waals surface area contributed by atoms with Gasteiger partial charge in [-0.05, 0) is 57.1 Å². The van der Waals surface area contributed by atoms with Crippen LogP contribution in [0, 0.1) is 0 Å². The Morgan fingerprint density at radius 2 is 1.20 bits per heavy atom. The summed E-state index contributed by atoms with van der Waals surface area (Å²) in [6.45, 7) is 0. The second-order valence-electron chi connectivity index (χ2n) is 11.6. The van der Waals surface area contributed by atoms with E-state index < -0.39 is 0 Å². The Morgan fingerprint density at radius 1 is 0.525 bits per heavy atom. The molecule has 2 bridgehead atoms. The minimum atomic E-state index is -0.344. The number of furan rings is 1. The number of aromatic nitrogens is 1. The van der Waals surface area contributed by atoms with Crippen LogP contribution in [0.2, 0.25) is 0 Å². The topological polar surface area (TPSA) is 18.1 Å². The second kappa shape index (κ2) is 6.38. The zero-order chi connectivity index (χ0) is 25.7. The number of hydrogen-bond donors (Lipinski definition) is 0. The zero-order valence-corrected chi connectivity index (χ0v) is 21.5. The van der Waals surface area contributed by atoms with Crippen molar-refractivity contribution in [3.63, 3.8) is 0 Å². The van der Waals surface area contributed by atoms with Gasteiger partial charge < -0.3 is 8.98 Å². The number of rotatable bonds is 0. The molecule has 6 aromatic carbocycles. The normalized spacial score (nSPS) is 19.4. The van der Waals surface area contributed by atoms with Crippen LogP contribution in [-0.2, 0) is 5.41 Å². The van der Waals surface area contributed by atoms with Crippen molar-refractivity contribution in [2.45, 2.75) is 11.3 Å². The van der Waals surface area contributed by atoms with Crippen LogP contribution < -0.4 is 0 Å². The summed E-state index contributed by atoms with van der Waals surface area (Å²) in [4.78, 5) is 0. The first-order valence-electron chi connectivity index (χ1n) is 14.1. The van der Waals surface area contributed by atoms with E-state index in [4.69, 9.17) is 4.42 Å². The van der Waals surface area contributed by atoms with Crippen molar-refractivity contribution in [1.29, 1.82) is 0 Å². The third-order valence-corrected chi connectivity index (χ3v) is 10.0. The van der Waals surface area contributed by atoms with Crippen LogP contribution in [0.4, 0.5) is 0 Å². The van der Waals surface area contributed by atoms with Crippen molar-refractivity contribution in [1.82, 2.24) is 4.57 Å². The fourth-order valence-corrected chi connectivity index (χ4v) is 8.75. The molecule has 0 amide bonds. The van der Waals surface area contributed by atoms with E-state index in [-0.39, 0.29) is 11.3 Å². The van der Waals surface area contributed by atoms with E-state index in [1.54, 1.807) is 0 Å². The van der Waals surface area contributed by atoms with Gasteiger partial charge in [0.15, 0.2) is 0 Å². The van der Waals surface area contributed by atoms with Crippen LogP contribution in [0.25, 0.3) is 49.4 Å². The Hall–Kier alpha value is -5.08. The monoisotopic (exact) mass is 507 g/mol. The van der Waals surface area contributed by atoms with Crippen molar-refractivity contribution < 1.29 is 4.42 Å². The first-order valence-corrected chi connectivity index (χ1v) is 14.1. The van der Waals surface area contributed by atoms with Gasteiger partial charge in [0.2, 0.25) is 0 Å². The van der Waals surface area contributed by atoms with Gasteiger partial charge in [0.1, 0.15) is 11.2 Å². The Bertz CT molecular complexity index is 2410. The summed E-state index contributed by atoms with van der Waals surface area (Å²) >= 11 is 0. The number of fused-ring (bicyclic) bond motifs is 7. The molecule has 0 N–H and O–H groups in total. The van der Waals surface area contributed by atoms with Crippen LogP contribution in [0.5, 0.6) is 0 Å². The highest BCUT2D eigenvalue weighted by molar-refractivity contribution is 6.19. The van der Waals surface area contributed by atoms with Crippen LogP contribution in [0.15, 0.2) is 126 Å². The van der Waals surface area contributed by atoms with Gasteiger partial charge in [-0.1, -0.05) is 97.1 Å². The lowest BCUT2D eigenvalue weighted by Crippen LogP contribution is -2.45. The molecule has 40 heavy (non-hydrogen) atoms. The Labute approximate surface area is 229 Å². The highest BCUT2D eigenvalue weighted by Gasteiger charge is 2.56. The molecule has 1 spiro atoms. The lowest BCUT2D eigenvalue weighted by molar-refractivity contribution is 0.620. The molecule has 3 heterocycles. The summed E-state index contributed by atoms with van der Waals surface area (Å²) in [5.41, 5.74) is 15.3. The smallest absolute Gasteiger partial charge is 0.137 e. The van der Waals surface area contributed by atoms with Gasteiger partial charge in [-0.15, -0.1) is 0 Å². The van der Waals surface area contributed by atoms with E-state index in [9.17, 15) is 0 Å². The van der Waals surface area contributed by atoms with Crippen molar-refractivity contribution in [3.8, 4) is 5.69 Å². The summed E-state index contributed by atoms with van der Waals surface area (Å²) in [7, 11) is 0. The maximum Gasteiger partial charge on any atom is 0.137 e. The number of nitrogens with zero attached hydrogens (tertiary/aromatic N) is 1. The highest BCUT2D eigenvalue weighted by Crippen LogP contribution is 2.65. The van der Waals surface area contributed by atoms with E-state index in [2.05, 4.69) is 120 Å². The van der Waals surface area contributed by atoms with Crippen LogP contribution in [0.1, 0.15) is 44.9 Å². The molecule has 1 aliphatic heterocycles. The molecule has 184 valence electrons. The largest absolute Gasteiger partial charge is 0.456 e. The van der Waals surface area contributed by atoms with Gasteiger partial charge in [-0.2, -0.15) is 0 Å². The molecule has 4 aliphatic rings. The minimum Gasteiger partial charge on any atom is -0.456 e. The fraction of sp³-hybridized carbons (Fsp3) is 0.0526. The summed E-state index contributed by atoms with van der Waals surface area (Å²) in [6, 6.07) is 45.3. The molecule has 0 atom stereocenters. The van der Waals surface area contributed by atoms with E-state index in [0.29, 0.717) is 0 Å². The van der Waals surface area contributed by atoms with E-state index >= 15 is 0 Å². The predicted octanol–water partition coefficient (Wildman–Crippen LogP) is 9.19. The minimum absolute atomic E-state index is 0.244. The van der Waals surface area contributed by atoms with E-state index in [1.807, 2.05) is 6.07 Å². The number of hydrogen-bond acceptors (Lipinski definition) is 1. The average Bonchev–Trinajstić information content (AvgIpc) is 3.54. The standard InChI is InChI=1S/C38H21NO/c1-4-14-28-23(10-1)35-24-11-2-5-15-29(24)38(28)30-16-7-12-22-26-19-27-21-9-3-6-18-33(21)40-34(27)20-32(26)39(37(22)30)31-17-8-13-25(35)36(31)38/h1-20,35H. The van der Waals surface area contributed by atoms with Crippen molar-refractivity contribution >= 4 is 43.7 Å². The lowest BCUT2D eigenvalue weighted by atomic mass is 9.50. The Balaban J connectivity index is 1.42. The number of benzene rings is 6. The molecule has 2 aromatic heterocycles. The van der Waals surface area contributed by atoms with E-state index in [0.717, 1.165) is 11.2 Å². The molecule has 2 nitrogen and oxygen atoms in total. The lowest BCUT2D eigenvalue weighted by Gasteiger charge is -2.53. The first-order chi connectivity index (χ1) is 19.9. The van der Waals surface area contributed by atoms with Crippen molar-refractivity contribution in [2.75, 3.05) is 0 Å². The predicted molar refractivity (Wildman–Crippen MR) is 161 cm³/mol. The molecular formula is C38H21NO. The van der Waals surface area contributed by atoms with Crippen LogP contribution in [-0.4, -0.2) is 4.57 Å². The quantitative estimate of drug-likeness (QED) is 0.200. The van der Waals surface area contributed by atoms with Gasteiger partial charge in [-0.3, -0.25) is 0 Å². The fourth-order valence-electron chi connectivity index (χ4n) is 8.75. The molecule has 0 unspecified atom stereocenters. The SMILES string of the molecule is c1ccc2c(c1)C1c3ccccc3C23c2c1cccc2-n1c2cc4oc5ccccc5c4cc2c2cccc3c21. The van der Waals surface area contributed by atoms with Gasteiger partial charge in [0.25, 0.3) is 0 Å². The summed E-state index contributed by atoms with van der Waals surface area (Å²) in [6.07, 6.45) is 0. The molecular weight excluding hydrogens is 486 g/mol. The molecule has 2 heteroatoms. The zero-order valence-electron chi connectivity index (χ0n) is 21.5. The molecule has 3 aliphatic carbocycles. The van der Waals surface area contributed by atoms with Gasteiger partial charge in [0.05, 0.1) is 22.1 Å². The van der Waals surface area contributed by atoms with Crippen molar-refractivity contribution in [3.05, 3.63) is 160 Å². The van der Waals surface area contributed by atoms with Gasteiger partial charge in [0, 0.05) is 33.5 Å². The second-order valence-corrected chi connectivity index (χ2v) is 11.6.